The minimum atomic E-state index is -0.582. The zero-order valence-electron chi connectivity index (χ0n) is 9.98. The molecule has 2 aromatic rings. The maximum atomic E-state index is 11.5. The summed E-state index contributed by atoms with van der Waals surface area (Å²) in [7, 11) is 0.741. The first kappa shape index (κ1) is 12.9. The van der Waals surface area contributed by atoms with Crippen molar-refractivity contribution in [2.24, 2.45) is 0 Å². The van der Waals surface area contributed by atoms with Gasteiger partial charge in [0.05, 0.1) is 11.1 Å². The Labute approximate surface area is 111 Å². The van der Waals surface area contributed by atoms with Crippen molar-refractivity contribution in [1.29, 1.82) is 0 Å². The second-order valence-corrected chi connectivity index (χ2v) is 3.64. The van der Waals surface area contributed by atoms with Crippen LogP contribution in [-0.4, -0.2) is 19.6 Å². The highest BCUT2D eigenvalue weighted by Crippen LogP contribution is 2.02. The third kappa shape index (κ3) is 3.71. The van der Waals surface area contributed by atoms with E-state index in [0.29, 0.717) is 11.1 Å². The van der Waals surface area contributed by atoms with Crippen LogP contribution in [0.25, 0.3) is 0 Å². The van der Waals surface area contributed by atoms with Crippen molar-refractivity contribution in [2.75, 3.05) is 0 Å². The molecular formula is C14H10BO4. The molecule has 0 saturated carbocycles. The summed E-state index contributed by atoms with van der Waals surface area (Å²) in [5.74, 6) is -1.16. The standard InChI is InChI=1S/C14H10BO4/c16-13(11-7-3-1-4-8-11)18-15-19-14(17)12-9-5-2-6-10-12/h1-10H. The van der Waals surface area contributed by atoms with Crippen LogP contribution in [0.1, 0.15) is 20.7 Å². The van der Waals surface area contributed by atoms with Gasteiger partial charge in [-0.25, -0.2) is 9.59 Å². The van der Waals surface area contributed by atoms with Gasteiger partial charge in [-0.1, -0.05) is 36.4 Å². The van der Waals surface area contributed by atoms with Gasteiger partial charge in [0.1, 0.15) is 0 Å². The smallest absolute Gasteiger partial charge is 0.496 e. The van der Waals surface area contributed by atoms with Crippen LogP contribution in [0.5, 0.6) is 0 Å². The van der Waals surface area contributed by atoms with Gasteiger partial charge in [-0.05, 0) is 24.3 Å². The van der Waals surface area contributed by atoms with E-state index >= 15 is 0 Å². The molecule has 0 aromatic heterocycles. The van der Waals surface area contributed by atoms with Gasteiger partial charge in [0.15, 0.2) is 0 Å². The molecule has 0 atom stereocenters. The fourth-order valence-electron chi connectivity index (χ4n) is 1.40. The number of benzene rings is 2. The van der Waals surface area contributed by atoms with Crippen LogP contribution in [0.4, 0.5) is 0 Å². The van der Waals surface area contributed by atoms with E-state index in [1.54, 1.807) is 60.7 Å². The Morgan fingerprint density at radius 2 is 1.05 bits per heavy atom. The number of rotatable bonds is 4. The van der Waals surface area contributed by atoms with Crippen LogP contribution in [0, 0.1) is 0 Å². The van der Waals surface area contributed by atoms with Crippen LogP contribution >= 0.6 is 0 Å². The van der Waals surface area contributed by atoms with Gasteiger partial charge in [-0.2, -0.15) is 0 Å². The van der Waals surface area contributed by atoms with Crippen molar-refractivity contribution in [3.8, 4) is 0 Å². The van der Waals surface area contributed by atoms with E-state index < -0.39 is 11.9 Å². The predicted molar refractivity (Wildman–Crippen MR) is 69.5 cm³/mol. The monoisotopic (exact) mass is 253 g/mol. The van der Waals surface area contributed by atoms with E-state index in [1.165, 1.54) is 0 Å². The lowest BCUT2D eigenvalue weighted by Gasteiger charge is -2.04. The Balaban J connectivity index is 1.81. The zero-order chi connectivity index (χ0) is 13.5. The van der Waals surface area contributed by atoms with Gasteiger partial charge in [-0.15, -0.1) is 0 Å². The Bertz CT molecular complexity index is 503. The minimum absolute atomic E-state index is 0.384. The van der Waals surface area contributed by atoms with Gasteiger partial charge in [0.2, 0.25) is 0 Å². The molecule has 0 aliphatic carbocycles. The molecule has 5 heteroatoms. The van der Waals surface area contributed by atoms with Crippen molar-refractivity contribution < 1.29 is 18.9 Å². The molecule has 4 nitrogen and oxygen atoms in total. The van der Waals surface area contributed by atoms with E-state index in [4.69, 9.17) is 9.31 Å². The van der Waals surface area contributed by atoms with Crippen LogP contribution in [0.3, 0.4) is 0 Å². The average Bonchev–Trinajstić information content (AvgIpc) is 2.49. The number of hydrogen-bond donors (Lipinski definition) is 0. The lowest BCUT2D eigenvalue weighted by atomic mass is 10.2. The lowest BCUT2D eigenvalue weighted by Crippen LogP contribution is -2.16. The topological polar surface area (TPSA) is 52.6 Å². The van der Waals surface area contributed by atoms with E-state index in [2.05, 4.69) is 0 Å². The molecule has 0 saturated heterocycles. The molecule has 0 spiro atoms. The summed E-state index contributed by atoms with van der Waals surface area (Å²) in [4.78, 5) is 23.0. The van der Waals surface area contributed by atoms with Crippen molar-refractivity contribution in [3.63, 3.8) is 0 Å². The van der Waals surface area contributed by atoms with Gasteiger partial charge < -0.3 is 9.31 Å². The van der Waals surface area contributed by atoms with Crippen molar-refractivity contribution in [1.82, 2.24) is 0 Å². The molecule has 0 bridgehead atoms. The average molecular weight is 253 g/mol. The van der Waals surface area contributed by atoms with E-state index in [1.807, 2.05) is 0 Å². The Kier molecular flexibility index (Phi) is 4.34. The summed E-state index contributed by atoms with van der Waals surface area (Å²) in [6, 6.07) is 16.9. The van der Waals surface area contributed by atoms with Crippen molar-refractivity contribution in [3.05, 3.63) is 71.8 Å². The summed E-state index contributed by atoms with van der Waals surface area (Å²) in [5, 5.41) is 0. The first-order valence-electron chi connectivity index (χ1n) is 5.61. The fourth-order valence-corrected chi connectivity index (χ4v) is 1.40. The SMILES string of the molecule is O=C(O[B]OC(=O)c1ccccc1)c1ccccc1. The highest BCUT2D eigenvalue weighted by Gasteiger charge is 2.13. The Hall–Kier alpha value is -2.56. The maximum Gasteiger partial charge on any atom is 0.662 e. The van der Waals surface area contributed by atoms with E-state index in [0.717, 1.165) is 7.69 Å². The van der Waals surface area contributed by atoms with Crippen molar-refractivity contribution >= 4 is 19.6 Å². The van der Waals surface area contributed by atoms with Gasteiger partial charge >= 0.3 is 19.6 Å². The summed E-state index contributed by atoms with van der Waals surface area (Å²) < 4.78 is 9.43. The molecule has 93 valence electrons. The first-order chi connectivity index (χ1) is 9.27. The molecule has 2 rings (SSSR count). The minimum Gasteiger partial charge on any atom is -0.496 e. The maximum absolute atomic E-state index is 11.5. The highest BCUT2D eigenvalue weighted by atomic mass is 16.6. The summed E-state index contributed by atoms with van der Waals surface area (Å²) >= 11 is 0. The second kappa shape index (κ2) is 6.40. The highest BCUT2D eigenvalue weighted by molar-refractivity contribution is 6.28. The quantitative estimate of drug-likeness (QED) is 0.784. The molecule has 2 aromatic carbocycles. The molecule has 0 heterocycles. The normalized spacial score (nSPS) is 9.47. The van der Waals surface area contributed by atoms with Gasteiger partial charge in [-0.3, -0.25) is 0 Å². The zero-order valence-corrected chi connectivity index (χ0v) is 9.98. The molecule has 0 aliphatic heterocycles. The van der Waals surface area contributed by atoms with Crippen LogP contribution < -0.4 is 0 Å². The molecule has 0 N–H and O–H groups in total. The molecular weight excluding hydrogens is 243 g/mol. The lowest BCUT2D eigenvalue weighted by molar-refractivity contribution is 0.0632. The van der Waals surface area contributed by atoms with Crippen LogP contribution in [0.15, 0.2) is 60.7 Å². The third-order valence-electron chi connectivity index (χ3n) is 2.33. The summed E-state index contributed by atoms with van der Waals surface area (Å²) in [6.45, 7) is 0. The molecule has 0 fully saturated rings. The van der Waals surface area contributed by atoms with Gasteiger partial charge in [0.25, 0.3) is 0 Å². The predicted octanol–water partition coefficient (Wildman–Crippen LogP) is 2.23. The first-order valence-corrected chi connectivity index (χ1v) is 5.61. The molecule has 0 unspecified atom stereocenters. The molecule has 1 radical (unpaired) electrons. The summed E-state index contributed by atoms with van der Waals surface area (Å²) in [6.07, 6.45) is 0. The molecule has 0 aliphatic rings. The van der Waals surface area contributed by atoms with Gasteiger partial charge in [0, 0.05) is 0 Å². The van der Waals surface area contributed by atoms with E-state index in [-0.39, 0.29) is 0 Å². The Morgan fingerprint density at radius 1 is 0.684 bits per heavy atom. The van der Waals surface area contributed by atoms with Crippen LogP contribution in [-0.2, 0) is 9.31 Å². The van der Waals surface area contributed by atoms with E-state index in [9.17, 15) is 9.59 Å². The summed E-state index contributed by atoms with van der Waals surface area (Å²) in [5.41, 5.74) is 0.768. The number of carbonyl (C=O) groups is 2. The van der Waals surface area contributed by atoms with Crippen molar-refractivity contribution in [2.45, 2.75) is 0 Å². The third-order valence-corrected chi connectivity index (χ3v) is 2.33. The van der Waals surface area contributed by atoms with Crippen LogP contribution in [0.2, 0.25) is 0 Å². The molecule has 19 heavy (non-hydrogen) atoms. The number of hydrogen-bond acceptors (Lipinski definition) is 4. The number of carbonyl (C=O) groups excluding carboxylic acids is 2. The largest absolute Gasteiger partial charge is 0.662 e. The Morgan fingerprint density at radius 3 is 1.42 bits per heavy atom. The fraction of sp³-hybridized carbons (Fsp3) is 0. The molecule has 0 amide bonds. The second-order valence-electron chi connectivity index (χ2n) is 3.64.